The van der Waals surface area contributed by atoms with Crippen LogP contribution in [0.3, 0.4) is 0 Å². The fourth-order valence-corrected chi connectivity index (χ4v) is 3.40. The Hall–Kier alpha value is -0.860. The molecule has 1 aromatic carbocycles. The van der Waals surface area contributed by atoms with Crippen LogP contribution in [0.2, 0.25) is 0 Å². The highest BCUT2D eigenvalue weighted by Gasteiger charge is 2.28. The van der Waals surface area contributed by atoms with Crippen molar-refractivity contribution in [2.75, 3.05) is 6.54 Å². The second kappa shape index (κ2) is 7.42. The molecule has 2 rings (SSSR count). The molecular weight excluding hydrogens is 256 g/mol. The van der Waals surface area contributed by atoms with Crippen molar-refractivity contribution < 1.29 is 0 Å². The molecule has 0 aromatic heterocycles. The first-order valence-corrected chi connectivity index (χ1v) is 8.51. The van der Waals surface area contributed by atoms with Crippen molar-refractivity contribution in [3.63, 3.8) is 0 Å². The van der Waals surface area contributed by atoms with E-state index in [1.807, 2.05) is 0 Å². The van der Waals surface area contributed by atoms with Crippen LogP contribution in [0, 0.1) is 5.41 Å². The Balaban J connectivity index is 1.98. The lowest BCUT2D eigenvalue weighted by Gasteiger charge is -2.36. The van der Waals surface area contributed by atoms with Gasteiger partial charge in [0, 0.05) is 18.1 Å². The maximum atomic E-state index is 3.88. The summed E-state index contributed by atoms with van der Waals surface area (Å²) >= 11 is 0. The summed E-state index contributed by atoms with van der Waals surface area (Å²) in [6, 6.07) is 12.5. The smallest absolute Gasteiger partial charge is 0.0371 e. The van der Waals surface area contributed by atoms with E-state index in [2.05, 4.69) is 68.7 Å². The van der Waals surface area contributed by atoms with Gasteiger partial charge in [0.2, 0.25) is 0 Å². The van der Waals surface area contributed by atoms with Gasteiger partial charge in [-0.25, -0.2) is 0 Å². The molecule has 0 saturated carbocycles. The third-order valence-electron chi connectivity index (χ3n) is 4.50. The second-order valence-corrected chi connectivity index (χ2v) is 7.66. The van der Waals surface area contributed by atoms with Crippen LogP contribution < -0.4 is 10.6 Å². The topological polar surface area (TPSA) is 24.1 Å². The molecule has 0 spiro atoms. The van der Waals surface area contributed by atoms with Gasteiger partial charge >= 0.3 is 0 Å². The van der Waals surface area contributed by atoms with E-state index in [0.717, 1.165) is 0 Å². The average Bonchev–Trinajstić information content (AvgIpc) is 2.45. The molecule has 1 fully saturated rings. The molecule has 0 aliphatic carbocycles. The zero-order chi connectivity index (χ0) is 15.3. The van der Waals surface area contributed by atoms with Crippen molar-refractivity contribution in [2.24, 2.45) is 5.41 Å². The van der Waals surface area contributed by atoms with E-state index in [0.29, 0.717) is 18.1 Å². The van der Waals surface area contributed by atoms with E-state index in [1.165, 1.54) is 37.8 Å². The van der Waals surface area contributed by atoms with Crippen LogP contribution in [0.4, 0.5) is 0 Å². The molecule has 2 nitrogen and oxygen atoms in total. The first-order valence-electron chi connectivity index (χ1n) is 8.51. The van der Waals surface area contributed by atoms with Crippen molar-refractivity contribution >= 4 is 0 Å². The van der Waals surface area contributed by atoms with Gasteiger partial charge in [0.05, 0.1) is 0 Å². The SMILES string of the molecule is CC(CC1CCCCN1)NC(c1ccccc1)C(C)(C)C. The molecule has 3 atom stereocenters. The Morgan fingerprint density at radius 3 is 2.48 bits per heavy atom. The average molecular weight is 288 g/mol. The van der Waals surface area contributed by atoms with E-state index in [1.54, 1.807) is 0 Å². The summed E-state index contributed by atoms with van der Waals surface area (Å²) in [6.07, 6.45) is 5.27. The molecule has 0 amide bonds. The zero-order valence-electron chi connectivity index (χ0n) is 14.2. The predicted octanol–water partition coefficient (Wildman–Crippen LogP) is 4.28. The van der Waals surface area contributed by atoms with Gasteiger partial charge in [-0.1, -0.05) is 57.5 Å². The van der Waals surface area contributed by atoms with Crippen LogP contribution in [0.15, 0.2) is 30.3 Å². The van der Waals surface area contributed by atoms with Crippen molar-refractivity contribution in [3.05, 3.63) is 35.9 Å². The Morgan fingerprint density at radius 2 is 1.90 bits per heavy atom. The van der Waals surface area contributed by atoms with Crippen molar-refractivity contribution in [1.29, 1.82) is 0 Å². The zero-order valence-corrected chi connectivity index (χ0v) is 14.2. The largest absolute Gasteiger partial charge is 0.314 e. The van der Waals surface area contributed by atoms with Gasteiger partial charge in [0.25, 0.3) is 0 Å². The molecule has 3 unspecified atom stereocenters. The first-order chi connectivity index (χ1) is 9.97. The molecule has 1 saturated heterocycles. The highest BCUT2D eigenvalue weighted by atomic mass is 15.0. The Kier molecular flexibility index (Phi) is 5.83. The lowest BCUT2D eigenvalue weighted by Crippen LogP contribution is -2.43. The summed E-state index contributed by atoms with van der Waals surface area (Å²) < 4.78 is 0. The lowest BCUT2D eigenvalue weighted by molar-refractivity contribution is 0.236. The van der Waals surface area contributed by atoms with E-state index in [4.69, 9.17) is 0 Å². The summed E-state index contributed by atoms with van der Waals surface area (Å²) in [6.45, 7) is 10.5. The molecule has 1 aliphatic heterocycles. The minimum atomic E-state index is 0.218. The van der Waals surface area contributed by atoms with Crippen LogP contribution in [0.1, 0.15) is 65.0 Å². The van der Waals surface area contributed by atoms with Gasteiger partial charge in [0.15, 0.2) is 0 Å². The standard InChI is InChI=1S/C19H32N2/c1-15(14-17-12-8-9-13-20-17)21-18(19(2,3)4)16-10-6-5-7-11-16/h5-7,10-11,15,17-18,20-21H,8-9,12-14H2,1-4H3. The molecule has 1 aromatic rings. The van der Waals surface area contributed by atoms with Gasteiger partial charge in [0.1, 0.15) is 0 Å². The lowest BCUT2D eigenvalue weighted by atomic mass is 9.81. The monoisotopic (exact) mass is 288 g/mol. The minimum absolute atomic E-state index is 0.218. The first kappa shape index (κ1) is 16.5. The van der Waals surface area contributed by atoms with E-state index in [9.17, 15) is 0 Å². The quantitative estimate of drug-likeness (QED) is 0.845. The number of piperidine rings is 1. The highest BCUT2D eigenvalue weighted by Crippen LogP contribution is 2.33. The van der Waals surface area contributed by atoms with Crippen molar-refractivity contribution in [3.8, 4) is 0 Å². The summed E-state index contributed by atoms with van der Waals surface area (Å²) in [4.78, 5) is 0. The Labute approximate surface area is 130 Å². The molecule has 2 heteroatoms. The number of rotatable bonds is 5. The highest BCUT2D eigenvalue weighted by molar-refractivity contribution is 5.21. The molecule has 2 N–H and O–H groups in total. The third-order valence-corrected chi connectivity index (χ3v) is 4.50. The summed E-state index contributed by atoms with van der Waals surface area (Å²) in [5.41, 5.74) is 1.61. The van der Waals surface area contributed by atoms with Gasteiger partial charge in [-0.2, -0.15) is 0 Å². The van der Waals surface area contributed by atoms with Crippen molar-refractivity contribution in [1.82, 2.24) is 10.6 Å². The van der Waals surface area contributed by atoms with E-state index in [-0.39, 0.29) is 5.41 Å². The van der Waals surface area contributed by atoms with Gasteiger partial charge in [-0.3, -0.25) is 0 Å². The minimum Gasteiger partial charge on any atom is -0.314 e. The van der Waals surface area contributed by atoms with Gasteiger partial charge < -0.3 is 10.6 Å². The number of benzene rings is 1. The molecule has 21 heavy (non-hydrogen) atoms. The normalized spacial score (nSPS) is 22.8. The predicted molar refractivity (Wildman–Crippen MR) is 91.5 cm³/mol. The Morgan fingerprint density at radius 1 is 1.19 bits per heavy atom. The molecule has 0 radical (unpaired) electrons. The fourth-order valence-electron chi connectivity index (χ4n) is 3.40. The van der Waals surface area contributed by atoms with Crippen LogP contribution in [-0.2, 0) is 0 Å². The number of nitrogens with one attached hydrogen (secondary N) is 2. The molecular formula is C19H32N2. The summed E-state index contributed by atoms with van der Waals surface area (Å²) in [7, 11) is 0. The van der Waals surface area contributed by atoms with Gasteiger partial charge in [-0.05, 0) is 43.7 Å². The van der Waals surface area contributed by atoms with Crippen LogP contribution >= 0.6 is 0 Å². The maximum absolute atomic E-state index is 3.88. The number of hydrogen-bond donors (Lipinski definition) is 2. The van der Waals surface area contributed by atoms with Crippen LogP contribution in [0.5, 0.6) is 0 Å². The molecule has 1 heterocycles. The molecule has 0 bridgehead atoms. The summed E-state index contributed by atoms with van der Waals surface area (Å²) in [5, 5.41) is 7.54. The van der Waals surface area contributed by atoms with E-state index >= 15 is 0 Å². The third kappa shape index (κ3) is 5.12. The van der Waals surface area contributed by atoms with Gasteiger partial charge in [-0.15, -0.1) is 0 Å². The molecule has 1 aliphatic rings. The summed E-state index contributed by atoms with van der Waals surface area (Å²) in [5.74, 6) is 0. The second-order valence-electron chi connectivity index (χ2n) is 7.66. The van der Waals surface area contributed by atoms with Crippen LogP contribution in [-0.4, -0.2) is 18.6 Å². The maximum Gasteiger partial charge on any atom is 0.0371 e. The number of hydrogen-bond acceptors (Lipinski definition) is 2. The fraction of sp³-hybridized carbons (Fsp3) is 0.684. The van der Waals surface area contributed by atoms with Crippen molar-refractivity contribution in [2.45, 2.75) is 71.5 Å². The molecule has 118 valence electrons. The van der Waals surface area contributed by atoms with E-state index < -0.39 is 0 Å². The Bertz CT molecular complexity index is 401. The van der Waals surface area contributed by atoms with Crippen LogP contribution in [0.25, 0.3) is 0 Å².